The normalized spacial score (nSPS) is 16.3. The molecule has 2 rings (SSSR count). The molecule has 0 bridgehead atoms. The lowest BCUT2D eigenvalue weighted by Crippen LogP contribution is -2.50. The van der Waals surface area contributed by atoms with Crippen molar-refractivity contribution in [3.05, 3.63) is 35.9 Å². The Kier molecular flexibility index (Phi) is 11.3. The average Bonchev–Trinajstić information content (AvgIpc) is 3.35. The van der Waals surface area contributed by atoms with Gasteiger partial charge in [0.15, 0.2) is 0 Å². The molecule has 2 N–H and O–H groups in total. The highest BCUT2D eigenvalue weighted by Gasteiger charge is 2.52. The highest BCUT2D eigenvalue weighted by atomic mass is 16.6. The van der Waals surface area contributed by atoms with Gasteiger partial charge >= 0.3 is 23.9 Å². The van der Waals surface area contributed by atoms with E-state index in [2.05, 4.69) is 4.90 Å². The maximum Gasteiger partial charge on any atom is 0.349 e. The van der Waals surface area contributed by atoms with E-state index in [4.69, 9.17) is 14.2 Å². The first-order valence-electron chi connectivity index (χ1n) is 12.4. The standard InChI is InChI=1S/C26H37NO9/c1-3-27(4-2)14-15-34-16-17-35-22(30)19-26(23(31)32,18-21(28)29)36-24(33)25(12-8-9-13-25)20-10-6-5-7-11-20/h5-7,10-11H,3-4,8-9,12-19H2,1-2H3,(H,28,29)(H,31,32). The molecule has 10 heteroatoms. The summed E-state index contributed by atoms with van der Waals surface area (Å²) in [6.45, 7) is 6.98. The molecule has 36 heavy (non-hydrogen) atoms. The molecule has 1 aromatic carbocycles. The van der Waals surface area contributed by atoms with Crippen LogP contribution in [0.15, 0.2) is 30.3 Å². The number of hydrogen-bond donors (Lipinski definition) is 2. The third-order valence-corrected chi connectivity index (χ3v) is 6.66. The van der Waals surface area contributed by atoms with Crippen LogP contribution in [0.5, 0.6) is 0 Å². The number of nitrogens with zero attached hydrogens (tertiary/aromatic N) is 1. The third-order valence-electron chi connectivity index (χ3n) is 6.66. The minimum Gasteiger partial charge on any atom is -0.481 e. The first kappa shape index (κ1) is 29.3. The molecule has 1 atom stereocenters. The van der Waals surface area contributed by atoms with Crippen molar-refractivity contribution in [3.8, 4) is 0 Å². The van der Waals surface area contributed by atoms with E-state index in [0.717, 1.165) is 32.5 Å². The van der Waals surface area contributed by atoms with Crippen LogP contribution in [0.1, 0.15) is 57.9 Å². The quantitative estimate of drug-likeness (QED) is 0.253. The minimum atomic E-state index is -2.59. The van der Waals surface area contributed by atoms with Crippen LogP contribution in [0.4, 0.5) is 0 Å². The summed E-state index contributed by atoms with van der Waals surface area (Å²) < 4.78 is 16.0. The van der Waals surface area contributed by atoms with E-state index in [1.54, 1.807) is 30.3 Å². The van der Waals surface area contributed by atoms with Crippen molar-refractivity contribution in [1.82, 2.24) is 4.90 Å². The third kappa shape index (κ3) is 7.76. The Morgan fingerprint density at radius 3 is 2.14 bits per heavy atom. The zero-order valence-electron chi connectivity index (χ0n) is 21.1. The maximum absolute atomic E-state index is 13.4. The Morgan fingerprint density at radius 2 is 1.58 bits per heavy atom. The molecule has 0 aliphatic heterocycles. The molecule has 0 radical (unpaired) electrons. The van der Waals surface area contributed by atoms with Gasteiger partial charge in [-0.25, -0.2) is 4.79 Å². The van der Waals surface area contributed by atoms with Gasteiger partial charge in [0, 0.05) is 6.54 Å². The Hall–Kier alpha value is -2.98. The Labute approximate surface area is 211 Å². The van der Waals surface area contributed by atoms with Crippen LogP contribution < -0.4 is 0 Å². The summed E-state index contributed by atoms with van der Waals surface area (Å²) in [6.07, 6.45) is 0.347. The molecule has 1 fully saturated rings. The van der Waals surface area contributed by atoms with Gasteiger partial charge < -0.3 is 29.3 Å². The summed E-state index contributed by atoms with van der Waals surface area (Å²) in [5, 5.41) is 19.3. The number of carbonyl (C=O) groups is 4. The molecule has 1 saturated carbocycles. The predicted molar refractivity (Wildman–Crippen MR) is 129 cm³/mol. The number of ether oxygens (including phenoxy) is 3. The number of esters is 2. The number of carboxylic acids is 2. The smallest absolute Gasteiger partial charge is 0.349 e. The molecule has 10 nitrogen and oxygen atoms in total. The van der Waals surface area contributed by atoms with Crippen LogP contribution in [0.3, 0.4) is 0 Å². The Morgan fingerprint density at radius 1 is 0.944 bits per heavy atom. The number of benzene rings is 1. The van der Waals surface area contributed by atoms with Gasteiger partial charge in [-0.05, 0) is 31.5 Å². The van der Waals surface area contributed by atoms with Crippen molar-refractivity contribution in [2.45, 2.75) is 63.4 Å². The SMILES string of the molecule is CCN(CC)CCOCCOC(=O)CC(CC(=O)O)(OC(=O)C1(c2ccccc2)CCCC1)C(=O)O. The molecule has 0 heterocycles. The second-order valence-electron chi connectivity index (χ2n) is 8.95. The van der Waals surface area contributed by atoms with Crippen molar-refractivity contribution in [2.75, 3.05) is 39.5 Å². The molecule has 0 aromatic heterocycles. The second-order valence-corrected chi connectivity index (χ2v) is 8.95. The van der Waals surface area contributed by atoms with Crippen molar-refractivity contribution in [3.63, 3.8) is 0 Å². The fraction of sp³-hybridized carbons (Fsp3) is 0.615. The van der Waals surface area contributed by atoms with Crippen LogP contribution in [-0.2, 0) is 38.8 Å². The number of likely N-dealkylation sites (N-methyl/N-ethyl adjacent to an activating group) is 1. The van der Waals surface area contributed by atoms with Gasteiger partial charge in [0.05, 0.1) is 31.5 Å². The molecule has 0 amide bonds. The highest BCUT2D eigenvalue weighted by molar-refractivity contribution is 5.93. The van der Waals surface area contributed by atoms with Gasteiger partial charge in [-0.15, -0.1) is 0 Å². The predicted octanol–water partition coefficient (Wildman–Crippen LogP) is 2.63. The lowest BCUT2D eigenvalue weighted by Gasteiger charge is -2.33. The molecule has 0 spiro atoms. The molecular formula is C26H37NO9. The maximum atomic E-state index is 13.4. The largest absolute Gasteiger partial charge is 0.481 e. The summed E-state index contributed by atoms with van der Waals surface area (Å²) in [7, 11) is 0. The van der Waals surface area contributed by atoms with Crippen molar-refractivity contribution < 1.29 is 43.6 Å². The summed E-state index contributed by atoms with van der Waals surface area (Å²) in [6, 6.07) is 8.87. The fourth-order valence-corrected chi connectivity index (χ4v) is 4.53. The van der Waals surface area contributed by atoms with Gasteiger partial charge in [0.25, 0.3) is 0 Å². The number of carboxylic acid groups (broad SMARTS) is 2. The Balaban J connectivity index is 2.08. The molecule has 1 aromatic rings. The summed E-state index contributed by atoms with van der Waals surface area (Å²) in [4.78, 5) is 51.9. The van der Waals surface area contributed by atoms with Gasteiger partial charge in [0.2, 0.25) is 5.60 Å². The minimum absolute atomic E-state index is 0.100. The highest BCUT2D eigenvalue weighted by Crippen LogP contribution is 2.43. The molecule has 0 saturated heterocycles. The molecular weight excluding hydrogens is 470 g/mol. The number of aliphatic carboxylic acids is 2. The van der Waals surface area contributed by atoms with Crippen LogP contribution >= 0.6 is 0 Å². The topological polar surface area (TPSA) is 140 Å². The van der Waals surface area contributed by atoms with E-state index < -0.39 is 47.7 Å². The number of hydrogen-bond acceptors (Lipinski definition) is 8. The first-order chi connectivity index (χ1) is 17.2. The van der Waals surface area contributed by atoms with Crippen LogP contribution in [-0.4, -0.2) is 84.0 Å². The van der Waals surface area contributed by atoms with Gasteiger partial charge in [0.1, 0.15) is 6.61 Å². The van der Waals surface area contributed by atoms with Crippen molar-refractivity contribution in [2.24, 2.45) is 0 Å². The zero-order valence-corrected chi connectivity index (χ0v) is 21.1. The number of rotatable bonds is 16. The van der Waals surface area contributed by atoms with E-state index >= 15 is 0 Å². The number of carbonyl (C=O) groups excluding carboxylic acids is 2. The molecule has 1 aliphatic rings. The zero-order chi connectivity index (χ0) is 26.6. The fourth-order valence-electron chi connectivity index (χ4n) is 4.53. The summed E-state index contributed by atoms with van der Waals surface area (Å²) >= 11 is 0. The van der Waals surface area contributed by atoms with Gasteiger partial charge in [-0.3, -0.25) is 14.4 Å². The average molecular weight is 508 g/mol. The van der Waals surface area contributed by atoms with Crippen LogP contribution in [0.2, 0.25) is 0 Å². The van der Waals surface area contributed by atoms with E-state index in [1.165, 1.54) is 0 Å². The van der Waals surface area contributed by atoms with Gasteiger partial charge in [-0.1, -0.05) is 57.0 Å². The molecule has 1 aliphatic carbocycles. The van der Waals surface area contributed by atoms with Crippen molar-refractivity contribution in [1.29, 1.82) is 0 Å². The lowest BCUT2D eigenvalue weighted by atomic mass is 9.78. The second kappa shape index (κ2) is 13.9. The van der Waals surface area contributed by atoms with Crippen LogP contribution in [0, 0.1) is 0 Å². The van der Waals surface area contributed by atoms with Crippen molar-refractivity contribution >= 4 is 23.9 Å². The summed E-state index contributed by atoms with van der Waals surface area (Å²) in [5.41, 5.74) is -3.01. The van der Waals surface area contributed by atoms with Crippen LogP contribution in [0.25, 0.3) is 0 Å². The molecule has 200 valence electrons. The van der Waals surface area contributed by atoms with Gasteiger partial charge in [-0.2, -0.15) is 0 Å². The monoisotopic (exact) mass is 507 g/mol. The van der Waals surface area contributed by atoms with E-state index in [9.17, 15) is 29.4 Å². The molecule has 1 unspecified atom stereocenters. The lowest BCUT2D eigenvalue weighted by molar-refractivity contribution is -0.190. The summed E-state index contributed by atoms with van der Waals surface area (Å²) in [5.74, 6) is -5.06. The van der Waals surface area contributed by atoms with E-state index in [0.29, 0.717) is 25.0 Å². The first-order valence-corrected chi connectivity index (χ1v) is 12.4. The van der Waals surface area contributed by atoms with E-state index in [-0.39, 0.29) is 13.2 Å². The van der Waals surface area contributed by atoms with E-state index in [1.807, 2.05) is 13.8 Å². The Bertz CT molecular complexity index is 879.